The van der Waals surface area contributed by atoms with Gasteiger partial charge in [-0.05, 0) is 53.7 Å². The number of rotatable bonds is 6. The summed E-state index contributed by atoms with van der Waals surface area (Å²) >= 11 is 17.4. The molecule has 148 valence electrons. The van der Waals surface area contributed by atoms with Gasteiger partial charge in [-0.3, -0.25) is 5.10 Å². The average molecular weight is 445 g/mol. The number of hydrogen-bond acceptors (Lipinski definition) is 4. The number of fused-ring (bicyclic) bond motifs is 1. The van der Waals surface area contributed by atoms with Gasteiger partial charge in [0.25, 0.3) is 0 Å². The minimum absolute atomic E-state index is 0.381. The molecule has 8 heteroatoms. The molecule has 5 nitrogen and oxygen atoms in total. The summed E-state index contributed by atoms with van der Waals surface area (Å²) in [6, 6.07) is 17.7. The highest BCUT2D eigenvalue weighted by Gasteiger charge is 2.11. The van der Waals surface area contributed by atoms with Crippen molar-refractivity contribution in [3.05, 3.63) is 86.4 Å². The minimum Gasteiger partial charge on any atom is -0.489 e. The maximum absolute atomic E-state index is 6.16. The van der Waals surface area contributed by atoms with Crippen LogP contribution < -0.4 is 10.2 Å². The summed E-state index contributed by atoms with van der Waals surface area (Å²) < 4.78 is 8.42. The molecule has 1 aromatic heterocycles. The summed E-state index contributed by atoms with van der Waals surface area (Å²) in [4.78, 5) is 0. The molecule has 0 spiro atoms. The van der Waals surface area contributed by atoms with Crippen LogP contribution in [0.15, 0.2) is 54.6 Å². The van der Waals surface area contributed by atoms with E-state index in [1.807, 2.05) is 37.3 Å². The summed E-state index contributed by atoms with van der Waals surface area (Å²) in [5.74, 6) is 1.54. The smallest absolute Gasteiger partial charge is 0.214 e. The minimum atomic E-state index is 0.381. The number of benzene rings is 3. The van der Waals surface area contributed by atoms with Gasteiger partial charge < -0.3 is 10.2 Å². The van der Waals surface area contributed by atoms with Crippen LogP contribution in [0.3, 0.4) is 0 Å². The van der Waals surface area contributed by atoms with Gasteiger partial charge in [-0.2, -0.15) is 5.10 Å². The zero-order valence-electron chi connectivity index (χ0n) is 15.6. The lowest BCUT2D eigenvalue weighted by atomic mass is 10.0. The predicted octanol–water partition coefficient (Wildman–Crippen LogP) is 6.03. The lowest BCUT2D eigenvalue weighted by Gasteiger charge is -2.16. The molecule has 0 fully saturated rings. The van der Waals surface area contributed by atoms with Gasteiger partial charge in [0.2, 0.25) is 4.77 Å². The molecular formula is C21H18Cl2N4OS. The number of nitrogens with one attached hydrogen (secondary N) is 2. The number of halogens is 2. The van der Waals surface area contributed by atoms with E-state index in [-0.39, 0.29) is 0 Å². The second kappa shape index (κ2) is 8.45. The summed E-state index contributed by atoms with van der Waals surface area (Å²) in [6.45, 7) is 2.78. The first kappa shape index (κ1) is 19.8. The van der Waals surface area contributed by atoms with E-state index in [1.165, 1.54) is 0 Å². The van der Waals surface area contributed by atoms with Crippen molar-refractivity contribution in [2.45, 2.75) is 20.1 Å². The Kier molecular flexibility index (Phi) is 5.76. The van der Waals surface area contributed by atoms with Crippen molar-refractivity contribution in [3.8, 4) is 5.75 Å². The maximum atomic E-state index is 6.16. The Morgan fingerprint density at radius 2 is 1.93 bits per heavy atom. The molecule has 0 aliphatic carbocycles. The fraction of sp³-hybridized carbons (Fsp3) is 0.143. The van der Waals surface area contributed by atoms with Crippen LogP contribution in [0.5, 0.6) is 5.75 Å². The Bertz CT molecular complexity index is 1240. The lowest BCUT2D eigenvalue weighted by Crippen LogP contribution is -2.17. The van der Waals surface area contributed by atoms with Crippen molar-refractivity contribution in [1.29, 1.82) is 0 Å². The molecule has 3 aromatic carbocycles. The first-order chi connectivity index (χ1) is 14.0. The molecule has 0 aliphatic heterocycles. The van der Waals surface area contributed by atoms with Gasteiger partial charge in [-0.25, -0.2) is 4.68 Å². The summed E-state index contributed by atoms with van der Waals surface area (Å²) in [5, 5.41) is 10.2. The van der Waals surface area contributed by atoms with Crippen molar-refractivity contribution in [1.82, 2.24) is 14.9 Å². The second-order valence-electron chi connectivity index (χ2n) is 6.55. The van der Waals surface area contributed by atoms with Crippen molar-refractivity contribution in [2.75, 3.05) is 5.43 Å². The van der Waals surface area contributed by atoms with Crippen LogP contribution in [-0.2, 0) is 13.2 Å². The standard InChI is InChI=1S/C21H18Cl2N4OS/c1-13-25-26-21(29)27(13)24-11-17-16-5-3-2-4-15(16)7-9-20(17)28-12-14-6-8-18(22)19(23)10-14/h2-10,24H,11-12H2,1H3,(H,26,29). The maximum Gasteiger partial charge on any atom is 0.214 e. The topological polar surface area (TPSA) is 54.9 Å². The fourth-order valence-electron chi connectivity index (χ4n) is 3.14. The Hall–Kier alpha value is -2.54. The summed E-state index contributed by atoms with van der Waals surface area (Å²) in [7, 11) is 0. The molecule has 29 heavy (non-hydrogen) atoms. The highest BCUT2D eigenvalue weighted by Crippen LogP contribution is 2.30. The Labute approximate surface area is 183 Å². The number of aromatic nitrogens is 3. The highest BCUT2D eigenvalue weighted by atomic mass is 35.5. The van der Waals surface area contributed by atoms with E-state index in [2.05, 4.69) is 33.8 Å². The number of aryl methyl sites for hydroxylation is 1. The number of aromatic amines is 1. The summed E-state index contributed by atoms with van der Waals surface area (Å²) in [5.41, 5.74) is 5.30. The number of nitrogens with zero attached hydrogens (tertiary/aromatic N) is 2. The van der Waals surface area contributed by atoms with E-state index < -0.39 is 0 Å². The molecule has 4 rings (SSSR count). The van der Waals surface area contributed by atoms with E-state index in [4.69, 9.17) is 40.2 Å². The van der Waals surface area contributed by atoms with E-state index in [0.29, 0.717) is 28.0 Å². The second-order valence-corrected chi connectivity index (χ2v) is 7.75. The number of H-pyrrole nitrogens is 1. The number of hydrogen-bond donors (Lipinski definition) is 2. The van der Waals surface area contributed by atoms with Crippen LogP contribution >= 0.6 is 35.4 Å². The molecule has 0 aliphatic rings. The van der Waals surface area contributed by atoms with Crippen molar-refractivity contribution in [3.63, 3.8) is 0 Å². The van der Waals surface area contributed by atoms with Gasteiger partial charge in [-0.15, -0.1) is 0 Å². The molecule has 2 N–H and O–H groups in total. The predicted molar refractivity (Wildman–Crippen MR) is 120 cm³/mol. The molecule has 0 saturated heterocycles. The molecule has 4 aromatic rings. The van der Waals surface area contributed by atoms with Crippen LogP contribution in [0.25, 0.3) is 10.8 Å². The monoisotopic (exact) mass is 444 g/mol. The third-order valence-electron chi connectivity index (χ3n) is 4.63. The van der Waals surface area contributed by atoms with Gasteiger partial charge >= 0.3 is 0 Å². The summed E-state index contributed by atoms with van der Waals surface area (Å²) in [6.07, 6.45) is 0. The Morgan fingerprint density at radius 3 is 2.69 bits per heavy atom. The van der Waals surface area contributed by atoms with Gasteiger partial charge in [0, 0.05) is 5.56 Å². The van der Waals surface area contributed by atoms with E-state index in [9.17, 15) is 0 Å². The SMILES string of the molecule is Cc1n[nH]c(=S)n1NCc1c(OCc2ccc(Cl)c(Cl)c2)ccc2ccccc12. The van der Waals surface area contributed by atoms with Crippen LogP contribution in [0.1, 0.15) is 17.0 Å². The van der Waals surface area contributed by atoms with E-state index in [1.54, 1.807) is 10.7 Å². The van der Waals surface area contributed by atoms with E-state index >= 15 is 0 Å². The number of ether oxygens (including phenoxy) is 1. The van der Waals surface area contributed by atoms with E-state index in [0.717, 1.165) is 33.5 Å². The molecule has 0 bridgehead atoms. The van der Waals surface area contributed by atoms with Crippen LogP contribution in [0, 0.1) is 11.7 Å². The first-order valence-electron chi connectivity index (χ1n) is 8.98. The zero-order valence-corrected chi connectivity index (χ0v) is 17.9. The quantitative estimate of drug-likeness (QED) is 0.356. The van der Waals surface area contributed by atoms with Gasteiger partial charge in [-0.1, -0.05) is 59.6 Å². The molecule has 1 heterocycles. The molecule has 0 radical (unpaired) electrons. The molecular weight excluding hydrogens is 427 g/mol. The molecule has 0 unspecified atom stereocenters. The van der Waals surface area contributed by atoms with Crippen molar-refractivity contribution in [2.24, 2.45) is 0 Å². The van der Waals surface area contributed by atoms with Crippen molar-refractivity contribution < 1.29 is 4.74 Å². The van der Waals surface area contributed by atoms with Crippen LogP contribution in [0.4, 0.5) is 0 Å². The van der Waals surface area contributed by atoms with Gasteiger partial charge in [0.05, 0.1) is 16.6 Å². The highest BCUT2D eigenvalue weighted by molar-refractivity contribution is 7.71. The van der Waals surface area contributed by atoms with Crippen molar-refractivity contribution >= 4 is 46.2 Å². The molecule has 0 atom stereocenters. The first-order valence-corrected chi connectivity index (χ1v) is 10.1. The Balaban J connectivity index is 1.64. The van der Waals surface area contributed by atoms with Gasteiger partial charge in [0.15, 0.2) is 0 Å². The zero-order chi connectivity index (χ0) is 20.4. The average Bonchev–Trinajstić information content (AvgIpc) is 3.05. The third kappa shape index (κ3) is 4.24. The normalized spacial score (nSPS) is 11.0. The van der Waals surface area contributed by atoms with Crippen LogP contribution in [0.2, 0.25) is 10.0 Å². The lowest BCUT2D eigenvalue weighted by molar-refractivity contribution is 0.303. The fourth-order valence-corrected chi connectivity index (χ4v) is 3.71. The molecule has 0 saturated carbocycles. The Morgan fingerprint density at radius 1 is 1.10 bits per heavy atom. The third-order valence-corrected chi connectivity index (χ3v) is 5.64. The van der Waals surface area contributed by atoms with Crippen LogP contribution in [-0.4, -0.2) is 14.9 Å². The van der Waals surface area contributed by atoms with Gasteiger partial charge in [0.1, 0.15) is 18.2 Å². The largest absolute Gasteiger partial charge is 0.489 e. The molecule has 0 amide bonds.